The number of ether oxygens (including phenoxy) is 1. The number of hydrogen-bond acceptors (Lipinski definition) is 3. The van der Waals surface area contributed by atoms with Gasteiger partial charge in [0.2, 0.25) is 0 Å². The normalized spacial score (nSPS) is 12.1. The molecule has 1 amide bonds. The number of fused-ring (bicyclic) bond motifs is 1. The van der Waals surface area contributed by atoms with Crippen LogP contribution in [0.3, 0.4) is 0 Å². The van der Waals surface area contributed by atoms with Gasteiger partial charge in [-0.3, -0.25) is 4.79 Å². The Morgan fingerprint density at radius 1 is 1.17 bits per heavy atom. The number of hydrogen-bond donors (Lipinski definition) is 1. The number of amides is 1. The third-order valence-corrected chi connectivity index (χ3v) is 3.87. The predicted octanol–water partition coefficient (Wildman–Crippen LogP) is 4.34. The largest absolute Gasteiger partial charge is 0.483 e. The third kappa shape index (κ3) is 3.48. The molecule has 1 atom stereocenters. The smallest absolute Gasteiger partial charge is 0.258 e. The number of carbonyl (C=O) groups excluding carboxylic acids is 1. The van der Waals surface area contributed by atoms with Crippen LogP contribution in [0.2, 0.25) is 5.02 Å². The van der Waals surface area contributed by atoms with Crippen molar-refractivity contribution in [2.75, 3.05) is 6.61 Å². The first-order chi connectivity index (χ1) is 11.1. The Balaban J connectivity index is 1.67. The van der Waals surface area contributed by atoms with Crippen LogP contribution in [0, 0.1) is 0 Å². The van der Waals surface area contributed by atoms with E-state index in [9.17, 15) is 4.79 Å². The van der Waals surface area contributed by atoms with Gasteiger partial charge in [0.15, 0.2) is 6.61 Å². The summed E-state index contributed by atoms with van der Waals surface area (Å²) in [6.45, 7) is 1.78. The van der Waals surface area contributed by atoms with Crippen molar-refractivity contribution in [1.82, 2.24) is 5.32 Å². The van der Waals surface area contributed by atoms with Crippen LogP contribution in [0.1, 0.15) is 18.7 Å². The minimum atomic E-state index is -0.215. The Bertz CT molecular complexity index is 814. The molecule has 0 aliphatic heterocycles. The topological polar surface area (TPSA) is 51.5 Å². The maximum atomic E-state index is 12.0. The van der Waals surface area contributed by atoms with Crippen LogP contribution in [0.15, 0.2) is 59.2 Å². The fourth-order valence-corrected chi connectivity index (χ4v) is 2.62. The van der Waals surface area contributed by atoms with E-state index < -0.39 is 0 Å². The Kier molecular flexibility index (Phi) is 4.53. The molecule has 1 heterocycles. The molecule has 0 aliphatic rings. The molecule has 0 spiro atoms. The van der Waals surface area contributed by atoms with Gasteiger partial charge in [-0.1, -0.05) is 35.9 Å². The molecular formula is C18H16ClNO3. The van der Waals surface area contributed by atoms with Gasteiger partial charge in [-0.15, -0.1) is 0 Å². The van der Waals surface area contributed by atoms with Gasteiger partial charge in [-0.2, -0.15) is 0 Å². The number of rotatable bonds is 5. The lowest BCUT2D eigenvalue weighted by Crippen LogP contribution is -2.31. The summed E-state index contributed by atoms with van der Waals surface area (Å²) in [7, 11) is 0. The molecule has 2 aromatic carbocycles. The lowest BCUT2D eigenvalue weighted by Gasteiger charge is -2.13. The summed E-state index contributed by atoms with van der Waals surface area (Å²) in [5.74, 6) is 1.12. The molecule has 0 aliphatic carbocycles. The van der Waals surface area contributed by atoms with E-state index in [0.29, 0.717) is 16.5 Å². The molecule has 5 heteroatoms. The van der Waals surface area contributed by atoms with Crippen LogP contribution < -0.4 is 10.1 Å². The molecule has 118 valence electrons. The number of benzene rings is 2. The second kappa shape index (κ2) is 6.75. The molecule has 0 saturated carbocycles. The van der Waals surface area contributed by atoms with E-state index in [-0.39, 0.29) is 18.6 Å². The fourth-order valence-electron chi connectivity index (χ4n) is 2.40. The molecule has 1 N–H and O–H groups in total. The van der Waals surface area contributed by atoms with Crippen molar-refractivity contribution in [2.24, 2.45) is 0 Å². The van der Waals surface area contributed by atoms with Crippen LogP contribution in [-0.4, -0.2) is 12.5 Å². The molecule has 3 rings (SSSR count). The van der Waals surface area contributed by atoms with Gasteiger partial charge in [0.1, 0.15) is 11.5 Å². The van der Waals surface area contributed by atoms with E-state index >= 15 is 0 Å². The van der Waals surface area contributed by atoms with Crippen molar-refractivity contribution in [3.8, 4) is 5.75 Å². The molecule has 0 bridgehead atoms. The Hall–Kier alpha value is -2.46. The summed E-state index contributed by atoms with van der Waals surface area (Å²) >= 11 is 6.17. The Labute approximate surface area is 139 Å². The van der Waals surface area contributed by atoms with Crippen LogP contribution >= 0.6 is 11.6 Å². The summed E-state index contributed by atoms with van der Waals surface area (Å²) in [6.07, 6.45) is 1.58. The van der Waals surface area contributed by atoms with Crippen molar-refractivity contribution >= 4 is 28.3 Å². The summed E-state index contributed by atoms with van der Waals surface area (Å²) in [6, 6.07) is 14.6. The second-order valence-corrected chi connectivity index (χ2v) is 5.59. The zero-order valence-corrected chi connectivity index (χ0v) is 13.3. The van der Waals surface area contributed by atoms with Crippen LogP contribution in [0.4, 0.5) is 0 Å². The first-order valence-electron chi connectivity index (χ1n) is 7.28. The summed E-state index contributed by atoms with van der Waals surface area (Å²) in [4.78, 5) is 12.0. The highest BCUT2D eigenvalue weighted by atomic mass is 35.5. The van der Waals surface area contributed by atoms with Crippen LogP contribution in [0.5, 0.6) is 5.75 Å². The molecule has 0 unspecified atom stereocenters. The average Bonchev–Trinajstić information content (AvgIpc) is 3.09. The van der Waals surface area contributed by atoms with Crippen molar-refractivity contribution in [3.63, 3.8) is 0 Å². The number of nitrogens with one attached hydrogen (secondary N) is 1. The van der Waals surface area contributed by atoms with Gasteiger partial charge in [0, 0.05) is 15.8 Å². The molecule has 4 nitrogen and oxygen atoms in total. The van der Waals surface area contributed by atoms with Gasteiger partial charge >= 0.3 is 0 Å². The monoisotopic (exact) mass is 329 g/mol. The first-order valence-corrected chi connectivity index (χ1v) is 7.66. The van der Waals surface area contributed by atoms with Crippen LogP contribution in [0.25, 0.3) is 10.8 Å². The van der Waals surface area contributed by atoms with Crippen molar-refractivity contribution in [2.45, 2.75) is 13.0 Å². The quantitative estimate of drug-likeness (QED) is 0.757. The minimum absolute atomic E-state index is 0.0727. The first kappa shape index (κ1) is 15.4. The number of furan rings is 1. The highest BCUT2D eigenvalue weighted by Gasteiger charge is 2.13. The molecular weight excluding hydrogens is 314 g/mol. The van der Waals surface area contributed by atoms with Gasteiger partial charge in [0.25, 0.3) is 5.91 Å². The molecule has 0 fully saturated rings. The lowest BCUT2D eigenvalue weighted by molar-refractivity contribution is -0.123. The summed E-state index contributed by atoms with van der Waals surface area (Å²) in [5, 5.41) is 5.27. The lowest BCUT2D eigenvalue weighted by atomic mass is 10.1. The van der Waals surface area contributed by atoms with Gasteiger partial charge < -0.3 is 14.5 Å². The van der Waals surface area contributed by atoms with Crippen molar-refractivity contribution in [1.29, 1.82) is 0 Å². The third-order valence-electron chi connectivity index (χ3n) is 3.54. The predicted molar refractivity (Wildman–Crippen MR) is 89.7 cm³/mol. The maximum Gasteiger partial charge on any atom is 0.258 e. The van der Waals surface area contributed by atoms with E-state index in [0.717, 1.165) is 10.8 Å². The Morgan fingerprint density at radius 2 is 1.96 bits per heavy atom. The number of halogens is 1. The van der Waals surface area contributed by atoms with Crippen molar-refractivity contribution < 1.29 is 13.9 Å². The molecule has 3 aromatic rings. The molecule has 23 heavy (non-hydrogen) atoms. The molecule has 1 aromatic heterocycles. The van der Waals surface area contributed by atoms with Gasteiger partial charge in [-0.05, 0) is 31.2 Å². The zero-order valence-electron chi connectivity index (χ0n) is 12.6. The van der Waals surface area contributed by atoms with Gasteiger partial charge in [0.05, 0.1) is 12.3 Å². The Morgan fingerprint density at radius 3 is 2.70 bits per heavy atom. The number of carbonyl (C=O) groups is 1. The molecule has 0 saturated heterocycles. The van der Waals surface area contributed by atoms with E-state index in [1.807, 2.05) is 37.3 Å². The van der Waals surface area contributed by atoms with Gasteiger partial charge in [-0.25, -0.2) is 0 Å². The van der Waals surface area contributed by atoms with E-state index in [1.165, 1.54) is 0 Å². The fraction of sp³-hybridized carbons (Fsp3) is 0.167. The van der Waals surface area contributed by atoms with E-state index in [2.05, 4.69) is 5.32 Å². The highest BCUT2D eigenvalue weighted by Crippen LogP contribution is 2.31. The van der Waals surface area contributed by atoms with Crippen LogP contribution in [-0.2, 0) is 4.79 Å². The van der Waals surface area contributed by atoms with E-state index in [4.69, 9.17) is 20.8 Å². The maximum absolute atomic E-state index is 12.0. The second-order valence-electron chi connectivity index (χ2n) is 5.18. The average molecular weight is 330 g/mol. The summed E-state index contributed by atoms with van der Waals surface area (Å²) < 4.78 is 10.9. The molecule has 0 radical (unpaired) electrons. The highest BCUT2D eigenvalue weighted by molar-refractivity contribution is 6.35. The minimum Gasteiger partial charge on any atom is -0.483 e. The summed E-state index contributed by atoms with van der Waals surface area (Å²) in [5.41, 5.74) is 0. The van der Waals surface area contributed by atoms with Crippen molar-refractivity contribution in [3.05, 3.63) is 65.6 Å². The zero-order chi connectivity index (χ0) is 16.2. The SMILES string of the molecule is C[C@H](NC(=O)COc1ccc(Cl)c2ccccc12)c1ccco1. The standard InChI is InChI=1S/C18H16ClNO3/c1-12(16-7-4-10-22-16)20-18(21)11-23-17-9-8-15(19)13-5-2-3-6-14(13)17/h2-10,12H,11H2,1H3,(H,20,21)/t12-/m0/s1. The van der Waals surface area contributed by atoms with E-state index in [1.54, 1.807) is 24.5 Å².